The SMILES string of the molecule is COCC(C)(C)n1c(CCCl)nc2cc(Cl)ccc21. The van der Waals surface area contributed by atoms with Gasteiger partial charge in [-0.15, -0.1) is 11.6 Å². The van der Waals surface area contributed by atoms with Crippen LogP contribution in [0, 0.1) is 0 Å². The maximum Gasteiger partial charge on any atom is 0.111 e. The van der Waals surface area contributed by atoms with Gasteiger partial charge in [-0.25, -0.2) is 4.98 Å². The lowest BCUT2D eigenvalue weighted by molar-refractivity contribution is 0.110. The average molecular weight is 301 g/mol. The first-order valence-corrected chi connectivity index (χ1v) is 7.13. The summed E-state index contributed by atoms with van der Waals surface area (Å²) in [6, 6.07) is 5.77. The molecule has 0 unspecified atom stereocenters. The van der Waals surface area contributed by atoms with Crippen LogP contribution in [0.4, 0.5) is 0 Å². The van der Waals surface area contributed by atoms with E-state index in [4.69, 9.17) is 27.9 Å². The summed E-state index contributed by atoms with van der Waals surface area (Å²) in [5.74, 6) is 1.51. The monoisotopic (exact) mass is 300 g/mol. The molecule has 3 nitrogen and oxygen atoms in total. The molecule has 0 atom stereocenters. The van der Waals surface area contributed by atoms with Crippen LogP contribution in [0.2, 0.25) is 5.02 Å². The van der Waals surface area contributed by atoms with E-state index in [0.29, 0.717) is 17.5 Å². The van der Waals surface area contributed by atoms with Crippen molar-refractivity contribution in [1.29, 1.82) is 0 Å². The summed E-state index contributed by atoms with van der Waals surface area (Å²) in [6.45, 7) is 4.87. The minimum atomic E-state index is -0.182. The Hall–Kier alpha value is -0.770. The molecule has 1 heterocycles. The van der Waals surface area contributed by atoms with Gasteiger partial charge in [-0.2, -0.15) is 0 Å². The molecule has 104 valence electrons. The van der Waals surface area contributed by atoms with Crippen molar-refractivity contribution >= 4 is 34.2 Å². The zero-order valence-corrected chi connectivity index (χ0v) is 12.9. The Morgan fingerprint density at radius 2 is 2.11 bits per heavy atom. The zero-order valence-electron chi connectivity index (χ0n) is 11.4. The second-order valence-electron chi connectivity index (χ2n) is 5.18. The molecule has 0 aliphatic heterocycles. The van der Waals surface area contributed by atoms with Gasteiger partial charge >= 0.3 is 0 Å². The molecule has 19 heavy (non-hydrogen) atoms. The van der Waals surface area contributed by atoms with Crippen LogP contribution in [-0.4, -0.2) is 29.1 Å². The smallest absolute Gasteiger partial charge is 0.111 e. The van der Waals surface area contributed by atoms with Gasteiger partial charge in [-0.05, 0) is 32.0 Å². The topological polar surface area (TPSA) is 27.1 Å². The summed E-state index contributed by atoms with van der Waals surface area (Å²) in [6.07, 6.45) is 0.723. The molecule has 1 aromatic carbocycles. The molecular formula is C14H18Cl2N2O. The lowest BCUT2D eigenvalue weighted by atomic mass is 10.1. The minimum Gasteiger partial charge on any atom is -0.382 e. The van der Waals surface area contributed by atoms with E-state index < -0.39 is 0 Å². The van der Waals surface area contributed by atoms with E-state index in [0.717, 1.165) is 23.3 Å². The number of hydrogen-bond donors (Lipinski definition) is 0. The third kappa shape index (κ3) is 2.88. The number of alkyl halides is 1. The maximum absolute atomic E-state index is 6.03. The number of halogens is 2. The number of imidazole rings is 1. The predicted molar refractivity (Wildman–Crippen MR) is 80.4 cm³/mol. The van der Waals surface area contributed by atoms with Crippen LogP contribution in [0.3, 0.4) is 0 Å². The van der Waals surface area contributed by atoms with Gasteiger partial charge in [0.1, 0.15) is 5.82 Å². The van der Waals surface area contributed by atoms with Gasteiger partial charge in [0.2, 0.25) is 0 Å². The van der Waals surface area contributed by atoms with Gasteiger partial charge in [0.05, 0.1) is 23.2 Å². The van der Waals surface area contributed by atoms with Crippen LogP contribution < -0.4 is 0 Å². The number of aromatic nitrogens is 2. The second-order valence-corrected chi connectivity index (χ2v) is 6.00. The Balaban J connectivity index is 2.64. The number of benzene rings is 1. The fourth-order valence-corrected chi connectivity index (χ4v) is 2.78. The van der Waals surface area contributed by atoms with Crippen molar-refractivity contribution in [3.8, 4) is 0 Å². The van der Waals surface area contributed by atoms with Crippen molar-refractivity contribution in [2.45, 2.75) is 25.8 Å². The van der Waals surface area contributed by atoms with E-state index >= 15 is 0 Å². The van der Waals surface area contributed by atoms with Crippen molar-refractivity contribution in [3.63, 3.8) is 0 Å². The van der Waals surface area contributed by atoms with Crippen molar-refractivity contribution in [3.05, 3.63) is 29.0 Å². The third-order valence-electron chi connectivity index (χ3n) is 3.11. The molecule has 0 spiro atoms. The molecule has 0 aliphatic carbocycles. The van der Waals surface area contributed by atoms with Crippen LogP contribution in [0.5, 0.6) is 0 Å². The first kappa shape index (κ1) is 14.6. The molecule has 1 aromatic heterocycles. The summed E-state index contributed by atoms with van der Waals surface area (Å²) in [7, 11) is 1.71. The number of ether oxygens (including phenoxy) is 1. The van der Waals surface area contributed by atoms with Crippen LogP contribution >= 0.6 is 23.2 Å². The Kier molecular flexibility index (Phi) is 4.39. The average Bonchev–Trinajstić information content (AvgIpc) is 2.67. The predicted octanol–water partition coefficient (Wildman–Crippen LogP) is 3.85. The molecule has 5 heteroatoms. The van der Waals surface area contributed by atoms with E-state index in [-0.39, 0.29) is 5.54 Å². The molecular weight excluding hydrogens is 283 g/mol. The van der Waals surface area contributed by atoms with Gasteiger partial charge in [-0.1, -0.05) is 11.6 Å². The summed E-state index contributed by atoms with van der Waals surface area (Å²) >= 11 is 11.9. The molecule has 0 bridgehead atoms. The largest absolute Gasteiger partial charge is 0.382 e. The van der Waals surface area contributed by atoms with Crippen molar-refractivity contribution in [2.75, 3.05) is 19.6 Å². The fraction of sp³-hybridized carbons (Fsp3) is 0.500. The first-order valence-electron chi connectivity index (χ1n) is 6.22. The Labute approximate surface area is 123 Å². The summed E-state index contributed by atoms with van der Waals surface area (Å²) < 4.78 is 7.53. The van der Waals surface area contributed by atoms with Crippen LogP contribution in [0.1, 0.15) is 19.7 Å². The standard InChI is InChI=1S/C14H18Cl2N2O/c1-14(2,9-19-3)18-12-5-4-10(16)8-11(12)17-13(18)6-7-15/h4-5,8H,6-7,9H2,1-3H3. The van der Waals surface area contributed by atoms with Crippen LogP contribution in [-0.2, 0) is 16.7 Å². The van der Waals surface area contributed by atoms with Gasteiger partial charge in [0, 0.05) is 24.4 Å². The molecule has 0 saturated carbocycles. The molecule has 0 saturated heterocycles. The van der Waals surface area contributed by atoms with Gasteiger partial charge in [-0.3, -0.25) is 0 Å². The normalized spacial score (nSPS) is 12.3. The Bertz CT molecular complexity index is 578. The number of nitrogens with zero attached hydrogens (tertiary/aromatic N) is 2. The molecule has 0 N–H and O–H groups in total. The van der Waals surface area contributed by atoms with E-state index in [1.165, 1.54) is 0 Å². The molecule has 0 amide bonds. The van der Waals surface area contributed by atoms with E-state index in [1.54, 1.807) is 7.11 Å². The number of hydrogen-bond acceptors (Lipinski definition) is 2. The lowest BCUT2D eigenvalue weighted by Crippen LogP contribution is -2.33. The maximum atomic E-state index is 6.03. The summed E-state index contributed by atoms with van der Waals surface area (Å²) in [5, 5.41) is 0.694. The molecule has 2 aromatic rings. The third-order valence-corrected chi connectivity index (χ3v) is 3.53. The Morgan fingerprint density at radius 3 is 2.74 bits per heavy atom. The highest BCUT2D eigenvalue weighted by molar-refractivity contribution is 6.31. The van der Waals surface area contributed by atoms with Gasteiger partial charge in [0.15, 0.2) is 0 Å². The second kappa shape index (κ2) is 5.70. The fourth-order valence-electron chi connectivity index (χ4n) is 2.45. The first-order chi connectivity index (χ1) is 8.99. The number of rotatable bonds is 5. The lowest BCUT2D eigenvalue weighted by Gasteiger charge is -2.28. The van der Waals surface area contributed by atoms with E-state index in [1.807, 2.05) is 18.2 Å². The van der Waals surface area contributed by atoms with Crippen LogP contribution in [0.15, 0.2) is 18.2 Å². The molecule has 0 aliphatic rings. The van der Waals surface area contributed by atoms with Gasteiger partial charge < -0.3 is 9.30 Å². The van der Waals surface area contributed by atoms with E-state index in [2.05, 4.69) is 23.4 Å². The highest BCUT2D eigenvalue weighted by atomic mass is 35.5. The molecule has 0 radical (unpaired) electrons. The van der Waals surface area contributed by atoms with Crippen molar-refractivity contribution in [2.24, 2.45) is 0 Å². The quantitative estimate of drug-likeness (QED) is 0.784. The van der Waals surface area contributed by atoms with E-state index in [9.17, 15) is 0 Å². The molecule has 0 fully saturated rings. The molecule has 2 rings (SSSR count). The highest BCUT2D eigenvalue weighted by Gasteiger charge is 2.25. The minimum absolute atomic E-state index is 0.182. The van der Waals surface area contributed by atoms with Crippen molar-refractivity contribution in [1.82, 2.24) is 9.55 Å². The summed E-state index contributed by atoms with van der Waals surface area (Å²) in [4.78, 5) is 4.65. The van der Waals surface area contributed by atoms with Crippen LogP contribution in [0.25, 0.3) is 11.0 Å². The van der Waals surface area contributed by atoms with Crippen molar-refractivity contribution < 1.29 is 4.74 Å². The Morgan fingerprint density at radius 1 is 1.37 bits per heavy atom. The zero-order chi connectivity index (χ0) is 14.0. The summed E-state index contributed by atoms with van der Waals surface area (Å²) in [5.41, 5.74) is 1.78. The van der Waals surface area contributed by atoms with Gasteiger partial charge in [0.25, 0.3) is 0 Å². The highest BCUT2D eigenvalue weighted by Crippen LogP contribution is 2.28. The number of methoxy groups -OCH3 is 1. The number of fused-ring (bicyclic) bond motifs is 1. The number of aryl methyl sites for hydroxylation is 1.